The van der Waals surface area contributed by atoms with E-state index in [-0.39, 0.29) is 16.3 Å². The summed E-state index contributed by atoms with van der Waals surface area (Å²) in [7, 11) is 3.22. The number of hydrogen-bond acceptors (Lipinski definition) is 9. The standard InChI is InChI=1S/C22H24ClN5O5S/c1-32-17-5-6-18-19(20(17)33-2)25-22(34-18)27-11-9-26(10-12-27)8-7-24-21(29)15-13-14(23)3-4-16(15)28(30)31/h3-6,13H,7-12H2,1-2H3,(H,24,29). The fourth-order valence-corrected chi connectivity index (χ4v) is 5.06. The van der Waals surface area contributed by atoms with Gasteiger partial charge in [-0.25, -0.2) is 4.98 Å². The Labute approximate surface area is 205 Å². The molecular weight excluding hydrogens is 482 g/mol. The summed E-state index contributed by atoms with van der Waals surface area (Å²) in [6.45, 7) is 4.23. The summed E-state index contributed by atoms with van der Waals surface area (Å²) < 4.78 is 11.9. The number of hydrogen-bond donors (Lipinski definition) is 1. The molecule has 180 valence electrons. The van der Waals surface area contributed by atoms with Gasteiger partial charge < -0.3 is 19.7 Å². The highest BCUT2D eigenvalue weighted by molar-refractivity contribution is 7.22. The first-order chi connectivity index (χ1) is 16.4. The number of nitrogens with zero attached hydrogens (tertiary/aromatic N) is 4. The third-order valence-corrected chi connectivity index (χ3v) is 6.96. The van der Waals surface area contributed by atoms with Gasteiger partial charge in [-0.15, -0.1) is 0 Å². The van der Waals surface area contributed by atoms with E-state index in [2.05, 4.69) is 15.1 Å². The number of piperazine rings is 1. The first-order valence-corrected chi connectivity index (χ1v) is 11.8. The van der Waals surface area contributed by atoms with Crippen LogP contribution in [0.4, 0.5) is 10.8 Å². The van der Waals surface area contributed by atoms with E-state index in [1.807, 2.05) is 12.1 Å². The molecule has 1 amide bonds. The minimum Gasteiger partial charge on any atom is -0.493 e. The zero-order valence-electron chi connectivity index (χ0n) is 18.7. The van der Waals surface area contributed by atoms with Crippen molar-refractivity contribution in [3.63, 3.8) is 0 Å². The Morgan fingerprint density at radius 2 is 1.97 bits per heavy atom. The minimum atomic E-state index is -0.585. The summed E-state index contributed by atoms with van der Waals surface area (Å²) in [4.78, 5) is 32.3. The second kappa shape index (κ2) is 10.4. The van der Waals surface area contributed by atoms with Crippen LogP contribution in [0.15, 0.2) is 30.3 Å². The van der Waals surface area contributed by atoms with E-state index in [1.54, 1.807) is 25.6 Å². The van der Waals surface area contributed by atoms with Gasteiger partial charge in [0.1, 0.15) is 11.1 Å². The number of methoxy groups -OCH3 is 2. The Balaban J connectivity index is 1.32. The molecule has 1 N–H and O–H groups in total. The number of nitro groups is 1. The number of benzene rings is 2. The maximum absolute atomic E-state index is 12.5. The van der Waals surface area contributed by atoms with Crippen molar-refractivity contribution in [1.29, 1.82) is 0 Å². The van der Waals surface area contributed by atoms with E-state index in [1.165, 1.54) is 18.2 Å². The molecule has 3 aromatic rings. The Morgan fingerprint density at radius 3 is 2.65 bits per heavy atom. The highest BCUT2D eigenvalue weighted by Gasteiger charge is 2.23. The van der Waals surface area contributed by atoms with E-state index in [0.717, 1.165) is 41.5 Å². The molecular formula is C22H24ClN5O5S. The van der Waals surface area contributed by atoms with Gasteiger partial charge in [-0.1, -0.05) is 22.9 Å². The van der Waals surface area contributed by atoms with Gasteiger partial charge in [-0.2, -0.15) is 0 Å². The van der Waals surface area contributed by atoms with Gasteiger partial charge in [0.2, 0.25) is 0 Å². The zero-order chi connectivity index (χ0) is 24.2. The van der Waals surface area contributed by atoms with Crippen molar-refractivity contribution in [3.05, 3.63) is 51.0 Å². The number of fused-ring (bicyclic) bond motifs is 1. The van der Waals surface area contributed by atoms with Crippen LogP contribution in [-0.4, -0.2) is 74.2 Å². The molecule has 4 rings (SSSR count). The lowest BCUT2D eigenvalue weighted by molar-refractivity contribution is -0.385. The number of amides is 1. The topological polar surface area (TPSA) is 110 Å². The van der Waals surface area contributed by atoms with E-state index in [9.17, 15) is 14.9 Å². The van der Waals surface area contributed by atoms with Crippen LogP contribution >= 0.6 is 22.9 Å². The summed E-state index contributed by atoms with van der Waals surface area (Å²) >= 11 is 7.53. The van der Waals surface area contributed by atoms with Gasteiger partial charge in [-0.3, -0.25) is 19.8 Å². The van der Waals surface area contributed by atoms with E-state index in [0.29, 0.717) is 24.6 Å². The van der Waals surface area contributed by atoms with Gasteiger partial charge >= 0.3 is 0 Å². The third-order valence-electron chi connectivity index (χ3n) is 5.65. The second-order valence-electron chi connectivity index (χ2n) is 7.65. The highest BCUT2D eigenvalue weighted by atomic mass is 35.5. The largest absolute Gasteiger partial charge is 0.493 e. The number of ether oxygens (including phenoxy) is 2. The number of thiazole rings is 1. The van der Waals surface area contributed by atoms with Crippen LogP contribution in [0.25, 0.3) is 10.2 Å². The highest BCUT2D eigenvalue weighted by Crippen LogP contribution is 2.40. The van der Waals surface area contributed by atoms with Crippen molar-refractivity contribution in [2.75, 3.05) is 58.4 Å². The molecule has 0 saturated carbocycles. The maximum atomic E-state index is 12.5. The molecule has 1 saturated heterocycles. The molecule has 10 nitrogen and oxygen atoms in total. The average Bonchev–Trinajstić information content (AvgIpc) is 3.27. The van der Waals surface area contributed by atoms with Crippen LogP contribution in [0, 0.1) is 10.1 Å². The van der Waals surface area contributed by atoms with Crippen LogP contribution in [0.1, 0.15) is 10.4 Å². The average molecular weight is 506 g/mol. The SMILES string of the molecule is COc1ccc2sc(N3CCN(CCNC(=O)c4cc(Cl)ccc4[N+](=O)[O-])CC3)nc2c1OC. The molecule has 0 atom stereocenters. The predicted octanol–water partition coefficient (Wildman–Crippen LogP) is 3.43. The molecule has 0 radical (unpaired) electrons. The van der Waals surface area contributed by atoms with Crippen LogP contribution in [0.2, 0.25) is 5.02 Å². The Morgan fingerprint density at radius 1 is 1.21 bits per heavy atom. The van der Waals surface area contributed by atoms with Crippen molar-refractivity contribution < 1.29 is 19.2 Å². The van der Waals surface area contributed by atoms with Crippen LogP contribution < -0.4 is 19.7 Å². The Bertz CT molecular complexity index is 1210. The summed E-state index contributed by atoms with van der Waals surface area (Å²) in [5, 5.41) is 15.2. The van der Waals surface area contributed by atoms with Crippen LogP contribution in [0.3, 0.4) is 0 Å². The fraction of sp³-hybridized carbons (Fsp3) is 0.364. The zero-order valence-corrected chi connectivity index (χ0v) is 20.3. The summed E-state index contributed by atoms with van der Waals surface area (Å²) in [6, 6.07) is 7.82. The number of aromatic nitrogens is 1. The van der Waals surface area contributed by atoms with Gasteiger partial charge in [0.25, 0.3) is 11.6 Å². The molecule has 1 aromatic heterocycles. The first kappa shape index (κ1) is 24.0. The van der Waals surface area contributed by atoms with Gasteiger partial charge in [0.15, 0.2) is 16.6 Å². The normalized spacial score (nSPS) is 14.3. The van der Waals surface area contributed by atoms with Crippen LogP contribution in [-0.2, 0) is 0 Å². The first-order valence-electron chi connectivity index (χ1n) is 10.6. The maximum Gasteiger partial charge on any atom is 0.282 e. The Kier molecular flexibility index (Phi) is 7.35. The number of carbonyl (C=O) groups excluding carboxylic acids is 1. The summed E-state index contributed by atoms with van der Waals surface area (Å²) in [5.41, 5.74) is 0.493. The quantitative estimate of drug-likeness (QED) is 0.366. The lowest BCUT2D eigenvalue weighted by Crippen LogP contribution is -2.48. The number of nitro benzene ring substituents is 1. The number of halogens is 1. The van der Waals surface area contributed by atoms with E-state index >= 15 is 0 Å². The number of carbonyl (C=O) groups is 1. The summed E-state index contributed by atoms with van der Waals surface area (Å²) in [5.74, 6) is 0.783. The summed E-state index contributed by atoms with van der Waals surface area (Å²) in [6.07, 6.45) is 0. The monoisotopic (exact) mass is 505 g/mol. The third kappa shape index (κ3) is 5.01. The minimum absolute atomic E-state index is 0.0368. The molecule has 0 aliphatic carbocycles. The molecule has 1 fully saturated rings. The lowest BCUT2D eigenvalue weighted by atomic mass is 10.1. The smallest absolute Gasteiger partial charge is 0.282 e. The fourth-order valence-electron chi connectivity index (χ4n) is 3.87. The molecule has 0 bridgehead atoms. The number of anilines is 1. The number of nitrogens with one attached hydrogen (secondary N) is 1. The van der Waals surface area contributed by atoms with Crippen molar-refractivity contribution in [2.45, 2.75) is 0 Å². The molecule has 12 heteroatoms. The van der Waals surface area contributed by atoms with E-state index in [4.69, 9.17) is 26.1 Å². The second-order valence-corrected chi connectivity index (χ2v) is 9.09. The molecule has 2 aromatic carbocycles. The van der Waals surface area contributed by atoms with Crippen molar-refractivity contribution in [3.8, 4) is 11.5 Å². The van der Waals surface area contributed by atoms with Gasteiger partial charge in [-0.05, 0) is 24.3 Å². The molecule has 0 spiro atoms. The molecule has 2 heterocycles. The van der Waals surface area contributed by atoms with Gasteiger partial charge in [0.05, 0.1) is 23.8 Å². The van der Waals surface area contributed by atoms with Crippen molar-refractivity contribution in [1.82, 2.24) is 15.2 Å². The van der Waals surface area contributed by atoms with E-state index < -0.39 is 10.8 Å². The molecule has 1 aliphatic rings. The molecule has 1 aliphatic heterocycles. The van der Waals surface area contributed by atoms with Crippen molar-refractivity contribution in [2.24, 2.45) is 0 Å². The molecule has 0 unspecified atom stereocenters. The lowest BCUT2D eigenvalue weighted by Gasteiger charge is -2.34. The molecule has 34 heavy (non-hydrogen) atoms. The predicted molar refractivity (Wildman–Crippen MR) is 132 cm³/mol. The van der Waals surface area contributed by atoms with Crippen molar-refractivity contribution >= 4 is 49.9 Å². The number of rotatable bonds is 8. The van der Waals surface area contributed by atoms with Crippen LogP contribution in [0.5, 0.6) is 11.5 Å². The Hall–Kier alpha value is -3.15. The van der Waals surface area contributed by atoms with Gasteiger partial charge in [0, 0.05) is 50.4 Å².